The summed E-state index contributed by atoms with van der Waals surface area (Å²) in [5, 5.41) is 26.4. The Morgan fingerprint density at radius 1 is 1.53 bits per heavy atom. The highest BCUT2D eigenvalue weighted by atomic mass is 16.5. The monoisotopic (exact) mass is 209 g/mol. The number of allylic oxidation sites excluding steroid dienone is 1. The summed E-state index contributed by atoms with van der Waals surface area (Å²) in [5.41, 5.74) is -0.110. The molecule has 0 spiro atoms. The van der Waals surface area contributed by atoms with Crippen molar-refractivity contribution in [2.24, 2.45) is 11.3 Å². The maximum absolute atomic E-state index is 8.89. The highest BCUT2D eigenvalue weighted by Gasteiger charge is 2.23. The van der Waals surface area contributed by atoms with E-state index in [0.29, 0.717) is 6.42 Å². The molecule has 0 aromatic heterocycles. The zero-order valence-corrected chi connectivity index (χ0v) is 9.57. The lowest BCUT2D eigenvalue weighted by atomic mass is 9.79. The van der Waals surface area contributed by atoms with E-state index in [1.54, 1.807) is 6.08 Å². The molecule has 0 saturated heterocycles. The van der Waals surface area contributed by atoms with Crippen molar-refractivity contribution in [3.05, 3.63) is 24.3 Å². The molecule has 1 atom stereocenters. The SMILES string of the molecule is C=C(/C=C\CC(C)C(C)(C)C#N)C(O)O. The lowest BCUT2D eigenvalue weighted by Crippen LogP contribution is -2.18. The molecule has 0 heterocycles. The van der Waals surface area contributed by atoms with E-state index in [4.69, 9.17) is 15.5 Å². The summed E-state index contributed by atoms with van der Waals surface area (Å²) >= 11 is 0. The first-order chi connectivity index (χ1) is 6.81. The summed E-state index contributed by atoms with van der Waals surface area (Å²) in [4.78, 5) is 0. The van der Waals surface area contributed by atoms with Crippen LogP contribution >= 0.6 is 0 Å². The molecule has 2 N–H and O–H groups in total. The van der Waals surface area contributed by atoms with Crippen molar-refractivity contribution >= 4 is 0 Å². The lowest BCUT2D eigenvalue weighted by Gasteiger charge is -2.22. The molecule has 84 valence electrons. The molecule has 1 unspecified atom stereocenters. The molecule has 15 heavy (non-hydrogen) atoms. The summed E-state index contributed by atoms with van der Waals surface area (Å²) in [5.74, 6) is 0.211. The molecular formula is C12H19NO2. The largest absolute Gasteiger partial charge is 0.364 e. The van der Waals surface area contributed by atoms with Crippen LogP contribution < -0.4 is 0 Å². The predicted molar refractivity (Wildman–Crippen MR) is 59.7 cm³/mol. The minimum absolute atomic E-state index is 0.211. The van der Waals surface area contributed by atoms with Crippen LogP contribution in [0.1, 0.15) is 27.2 Å². The fourth-order valence-corrected chi connectivity index (χ4v) is 0.914. The van der Waals surface area contributed by atoms with Crippen molar-refractivity contribution in [2.45, 2.75) is 33.5 Å². The first kappa shape index (κ1) is 13.9. The number of nitriles is 1. The Hall–Kier alpha value is -1.11. The zero-order chi connectivity index (χ0) is 12.1. The van der Waals surface area contributed by atoms with Gasteiger partial charge in [-0.25, -0.2) is 0 Å². The topological polar surface area (TPSA) is 64.2 Å². The molecule has 3 nitrogen and oxygen atoms in total. The Bertz CT molecular complexity index is 284. The Morgan fingerprint density at radius 2 is 2.07 bits per heavy atom. The third-order valence-electron chi connectivity index (χ3n) is 2.67. The van der Waals surface area contributed by atoms with E-state index in [0.717, 1.165) is 0 Å². The van der Waals surface area contributed by atoms with E-state index >= 15 is 0 Å². The molecule has 0 bridgehead atoms. The van der Waals surface area contributed by atoms with Gasteiger partial charge in [-0.3, -0.25) is 0 Å². The van der Waals surface area contributed by atoms with Crippen LogP contribution in [0.25, 0.3) is 0 Å². The normalized spacial score (nSPS) is 14.2. The summed E-state index contributed by atoms with van der Waals surface area (Å²) in [7, 11) is 0. The summed E-state index contributed by atoms with van der Waals surface area (Å²) in [6, 6.07) is 2.25. The van der Waals surface area contributed by atoms with Gasteiger partial charge in [-0.2, -0.15) is 5.26 Å². The Morgan fingerprint density at radius 3 is 2.47 bits per heavy atom. The Kier molecular flexibility index (Phi) is 5.27. The van der Waals surface area contributed by atoms with Gasteiger partial charge < -0.3 is 10.2 Å². The standard InChI is InChI=1S/C12H19NO2/c1-9(11(14)15)6-5-7-10(2)12(3,4)8-13/h5-6,10-11,14-15H,1,7H2,2-4H3/b6-5-. The van der Waals surface area contributed by atoms with E-state index in [-0.39, 0.29) is 16.9 Å². The number of rotatable bonds is 5. The van der Waals surface area contributed by atoms with Crippen LogP contribution in [0.3, 0.4) is 0 Å². The molecule has 3 heteroatoms. The van der Waals surface area contributed by atoms with Crippen molar-refractivity contribution in [3.8, 4) is 6.07 Å². The second kappa shape index (κ2) is 5.69. The van der Waals surface area contributed by atoms with Gasteiger partial charge in [-0.15, -0.1) is 0 Å². The van der Waals surface area contributed by atoms with Gasteiger partial charge in [0.05, 0.1) is 11.5 Å². The quantitative estimate of drug-likeness (QED) is 0.537. The maximum Gasteiger partial charge on any atom is 0.177 e. The molecule has 0 saturated carbocycles. The van der Waals surface area contributed by atoms with Crippen LogP contribution in [0.2, 0.25) is 0 Å². The van der Waals surface area contributed by atoms with Gasteiger partial charge in [-0.05, 0) is 31.8 Å². The van der Waals surface area contributed by atoms with Crippen molar-refractivity contribution in [2.75, 3.05) is 0 Å². The third kappa shape index (κ3) is 4.78. The van der Waals surface area contributed by atoms with Gasteiger partial charge in [0, 0.05) is 0 Å². The van der Waals surface area contributed by atoms with Crippen LogP contribution in [-0.2, 0) is 0 Å². The first-order valence-electron chi connectivity index (χ1n) is 4.94. The minimum atomic E-state index is -1.50. The molecule has 0 aromatic rings. The molecule has 0 radical (unpaired) electrons. The van der Waals surface area contributed by atoms with Crippen molar-refractivity contribution in [1.82, 2.24) is 0 Å². The van der Waals surface area contributed by atoms with E-state index < -0.39 is 6.29 Å². The predicted octanol–water partition coefficient (Wildman–Crippen LogP) is 1.99. The highest BCUT2D eigenvalue weighted by molar-refractivity contribution is 5.16. The van der Waals surface area contributed by atoms with Crippen LogP contribution in [0, 0.1) is 22.7 Å². The second-order valence-electron chi connectivity index (χ2n) is 4.32. The van der Waals surface area contributed by atoms with E-state index in [2.05, 4.69) is 12.6 Å². The van der Waals surface area contributed by atoms with Crippen molar-refractivity contribution < 1.29 is 10.2 Å². The van der Waals surface area contributed by atoms with Crippen LogP contribution in [0.5, 0.6) is 0 Å². The van der Waals surface area contributed by atoms with Crippen LogP contribution in [0.15, 0.2) is 24.3 Å². The van der Waals surface area contributed by atoms with Gasteiger partial charge >= 0.3 is 0 Å². The van der Waals surface area contributed by atoms with Gasteiger partial charge in [0.2, 0.25) is 0 Å². The van der Waals surface area contributed by atoms with E-state index in [1.807, 2.05) is 26.8 Å². The zero-order valence-electron chi connectivity index (χ0n) is 9.57. The van der Waals surface area contributed by atoms with Gasteiger partial charge in [0.15, 0.2) is 6.29 Å². The van der Waals surface area contributed by atoms with Crippen molar-refractivity contribution in [3.63, 3.8) is 0 Å². The van der Waals surface area contributed by atoms with E-state index in [1.165, 1.54) is 0 Å². The fourth-order valence-electron chi connectivity index (χ4n) is 0.914. The fraction of sp³-hybridized carbons (Fsp3) is 0.583. The molecule has 0 rings (SSSR count). The van der Waals surface area contributed by atoms with Crippen LogP contribution in [0.4, 0.5) is 0 Å². The summed E-state index contributed by atoms with van der Waals surface area (Å²) in [6.07, 6.45) is 2.60. The minimum Gasteiger partial charge on any atom is -0.364 e. The number of aliphatic hydroxyl groups excluding tert-OH is 1. The molecule has 0 amide bonds. The maximum atomic E-state index is 8.89. The number of hydrogen-bond acceptors (Lipinski definition) is 3. The summed E-state index contributed by atoms with van der Waals surface area (Å²) < 4.78 is 0. The molecule has 0 aliphatic rings. The van der Waals surface area contributed by atoms with Crippen molar-refractivity contribution in [1.29, 1.82) is 5.26 Å². The highest BCUT2D eigenvalue weighted by Crippen LogP contribution is 2.28. The Labute approximate surface area is 91.4 Å². The Balaban J connectivity index is 4.19. The lowest BCUT2D eigenvalue weighted by molar-refractivity contribution is -0.00451. The number of aliphatic hydroxyl groups is 2. The molecule has 0 aliphatic heterocycles. The van der Waals surface area contributed by atoms with Gasteiger partial charge in [0.25, 0.3) is 0 Å². The number of nitrogens with zero attached hydrogens (tertiary/aromatic N) is 1. The molecule has 0 aromatic carbocycles. The average Bonchev–Trinajstić information content (AvgIpc) is 2.17. The second-order valence-corrected chi connectivity index (χ2v) is 4.32. The summed E-state index contributed by atoms with van der Waals surface area (Å²) in [6.45, 7) is 9.25. The third-order valence-corrected chi connectivity index (χ3v) is 2.67. The van der Waals surface area contributed by atoms with Crippen LogP contribution in [-0.4, -0.2) is 16.5 Å². The van der Waals surface area contributed by atoms with E-state index in [9.17, 15) is 0 Å². The first-order valence-corrected chi connectivity index (χ1v) is 4.94. The molecular weight excluding hydrogens is 190 g/mol. The molecule has 0 fully saturated rings. The smallest absolute Gasteiger partial charge is 0.177 e. The average molecular weight is 209 g/mol. The molecule has 0 aliphatic carbocycles. The van der Waals surface area contributed by atoms with Gasteiger partial charge in [-0.1, -0.05) is 25.7 Å². The van der Waals surface area contributed by atoms with Gasteiger partial charge in [0.1, 0.15) is 0 Å². The number of hydrogen-bond donors (Lipinski definition) is 2.